The van der Waals surface area contributed by atoms with Gasteiger partial charge in [-0.15, -0.1) is 0 Å². The SMILES string of the molecule is CCOc1cc(CNC(C)(C)C)c(Br)cc1OCc1ccc(F)cc1. The number of hydrogen-bond acceptors (Lipinski definition) is 3. The normalized spacial score (nSPS) is 11.4. The van der Waals surface area contributed by atoms with Crippen LogP contribution in [0.3, 0.4) is 0 Å². The predicted molar refractivity (Wildman–Crippen MR) is 103 cm³/mol. The minimum atomic E-state index is -0.253. The molecule has 0 aliphatic rings. The molecule has 0 radical (unpaired) electrons. The first kappa shape index (κ1) is 19.7. The van der Waals surface area contributed by atoms with Crippen molar-refractivity contribution in [2.45, 2.75) is 46.4 Å². The molecule has 1 N–H and O–H groups in total. The molecule has 5 heteroatoms. The second kappa shape index (κ2) is 8.68. The van der Waals surface area contributed by atoms with Crippen molar-refractivity contribution >= 4 is 15.9 Å². The average molecular weight is 410 g/mol. The van der Waals surface area contributed by atoms with Crippen molar-refractivity contribution in [1.29, 1.82) is 0 Å². The second-order valence-corrected chi connectivity index (χ2v) is 7.70. The van der Waals surface area contributed by atoms with Crippen molar-refractivity contribution in [1.82, 2.24) is 5.32 Å². The monoisotopic (exact) mass is 409 g/mol. The molecule has 2 aromatic rings. The fraction of sp³-hybridized carbons (Fsp3) is 0.400. The molecule has 0 aromatic heterocycles. The molecule has 0 spiro atoms. The summed E-state index contributed by atoms with van der Waals surface area (Å²) in [7, 11) is 0. The van der Waals surface area contributed by atoms with Gasteiger partial charge in [0.05, 0.1) is 6.61 Å². The van der Waals surface area contributed by atoms with Crippen molar-refractivity contribution in [3.05, 3.63) is 57.8 Å². The van der Waals surface area contributed by atoms with Gasteiger partial charge in [-0.25, -0.2) is 4.39 Å². The standard InChI is InChI=1S/C20H25BrFNO2/c1-5-24-18-10-15(12-23-20(2,3)4)17(21)11-19(18)25-13-14-6-8-16(22)9-7-14/h6-11,23H,5,12-13H2,1-4H3. The Bertz CT molecular complexity index is 696. The molecule has 0 saturated carbocycles. The van der Waals surface area contributed by atoms with Crippen LogP contribution in [0.15, 0.2) is 40.9 Å². The van der Waals surface area contributed by atoms with E-state index in [1.165, 1.54) is 12.1 Å². The van der Waals surface area contributed by atoms with Crippen molar-refractivity contribution in [3.63, 3.8) is 0 Å². The molecule has 0 unspecified atom stereocenters. The lowest BCUT2D eigenvalue weighted by Gasteiger charge is -2.22. The third-order valence-electron chi connectivity index (χ3n) is 3.53. The molecule has 0 fully saturated rings. The number of nitrogens with one attached hydrogen (secondary N) is 1. The van der Waals surface area contributed by atoms with Gasteiger partial charge >= 0.3 is 0 Å². The van der Waals surface area contributed by atoms with Crippen molar-refractivity contribution in [2.75, 3.05) is 6.61 Å². The number of rotatable bonds is 7. The maximum atomic E-state index is 13.0. The van der Waals surface area contributed by atoms with Crippen LogP contribution in [0.1, 0.15) is 38.8 Å². The van der Waals surface area contributed by atoms with E-state index in [-0.39, 0.29) is 11.4 Å². The van der Waals surface area contributed by atoms with Crippen LogP contribution in [-0.4, -0.2) is 12.1 Å². The Morgan fingerprint density at radius 2 is 1.68 bits per heavy atom. The molecule has 0 atom stereocenters. The molecule has 2 aromatic carbocycles. The largest absolute Gasteiger partial charge is 0.490 e. The summed E-state index contributed by atoms with van der Waals surface area (Å²) in [6, 6.07) is 10.2. The zero-order valence-electron chi connectivity index (χ0n) is 15.2. The summed E-state index contributed by atoms with van der Waals surface area (Å²) in [5, 5.41) is 3.47. The smallest absolute Gasteiger partial charge is 0.162 e. The summed E-state index contributed by atoms with van der Waals surface area (Å²) in [4.78, 5) is 0. The van der Waals surface area contributed by atoms with E-state index < -0.39 is 0 Å². The van der Waals surface area contributed by atoms with Gasteiger partial charge in [0.25, 0.3) is 0 Å². The van der Waals surface area contributed by atoms with Gasteiger partial charge < -0.3 is 14.8 Å². The van der Waals surface area contributed by atoms with Crippen LogP contribution < -0.4 is 14.8 Å². The summed E-state index contributed by atoms with van der Waals surface area (Å²) in [5.74, 6) is 1.12. The lowest BCUT2D eigenvalue weighted by Crippen LogP contribution is -2.35. The van der Waals surface area contributed by atoms with Crippen LogP contribution >= 0.6 is 15.9 Å². The van der Waals surface area contributed by atoms with E-state index in [4.69, 9.17) is 9.47 Å². The Morgan fingerprint density at radius 1 is 1.04 bits per heavy atom. The van der Waals surface area contributed by atoms with E-state index in [0.717, 1.165) is 22.1 Å². The predicted octanol–water partition coefficient (Wildman–Crippen LogP) is 5.45. The first-order valence-electron chi connectivity index (χ1n) is 8.36. The molecule has 0 bridgehead atoms. The van der Waals surface area contributed by atoms with Gasteiger partial charge in [0, 0.05) is 16.6 Å². The summed E-state index contributed by atoms with van der Waals surface area (Å²) in [6.07, 6.45) is 0. The Balaban J connectivity index is 2.15. The maximum absolute atomic E-state index is 13.0. The van der Waals surface area contributed by atoms with Crippen LogP contribution in [0.25, 0.3) is 0 Å². The summed E-state index contributed by atoms with van der Waals surface area (Å²) < 4.78 is 25.6. The van der Waals surface area contributed by atoms with Gasteiger partial charge in [-0.1, -0.05) is 28.1 Å². The molecule has 0 saturated heterocycles. The Labute approximate surface area is 157 Å². The summed E-state index contributed by atoms with van der Waals surface area (Å²) in [6.45, 7) is 9.97. The second-order valence-electron chi connectivity index (χ2n) is 6.84. The van der Waals surface area contributed by atoms with Crippen LogP contribution in [0, 0.1) is 5.82 Å². The highest BCUT2D eigenvalue weighted by atomic mass is 79.9. The first-order chi connectivity index (χ1) is 11.8. The third-order valence-corrected chi connectivity index (χ3v) is 4.27. The topological polar surface area (TPSA) is 30.5 Å². The van der Waals surface area contributed by atoms with Crippen LogP contribution in [0.2, 0.25) is 0 Å². The summed E-state index contributed by atoms with van der Waals surface area (Å²) in [5.41, 5.74) is 2.04. The van der Waals surface area contributed by atoms with E-state index in [9.17, 15) is 4.39 Å². The van der Waals surface area contributed by atoms with E-state index in [2.05, 4.69) is 42.0 Å². The molecule has 136 valence electrons. The van der Waals surface area contributed by atoms with Crippen molar-refractivity contribution in [3.8, 4) is 11.5 Å². The van der Waals surface area contributed by atoms with Gasteiger partial charge in [0.1, 0.15) is 12.4 Å². The first-order valence-corrected chi connectivity index (χ1v) is 9.15. The Kier molecular flexibility index (Phi) is 6.85. The van der Waals surface area contributed by atoms with Gasteiger partial charge in [0.15, 0.2) is 11.5 Å². The van der Waals surface area contributed by atoms with E-state index in [0.29, 0.717) is 24.7 Å². The fourth-order valence-corrected chi connectivity index (χ4v) is 2.66. The van der Waals surface area contributed by atoms with E-state index in [1.807, 2.05) is 19.1 Å². The molecular formula is C20H25BrFNO2. The minimum Gasteiger partial charge on any atom is -0.490 e. The molecule has 2 rings (SSSR count). The van der Waals surface area contributed by atoms with Crippen LogP contribution in [0.4, 0.5) is 4.39 Å². The van der Waals surface area contributed by atoms with Gasteiger partial charge in [-0.05, 0) is 63.1 Å². The third kappa shape index (κ3) is 6.33. The molecule has 0 heterocycles. The molecular weight excluding hydrogens is 385 g/mol. The Morgan fingerprint density at radius 3 is 2.28 bits per heavy atom. The lowest BCUT2D eigenvalue weighted by atomic mass is 10.1. The lowest BCUT2D eigenvalue weighted by molar-refractivity contribution is 0.268. The van der Waals surface area contributed by atoms with E-state index >= 15 is 0 Å². The van der Waals surface area contributed by atoms with Gasteiger partial charge in [-0.2, -0.15) is 0 Å². The zero-order valence-corrected chi connectivity index (χ0v) is 16.7. The van der Waals surface area contributed by atoms with Crippen molar-refractivity contribution in [2.24, 2.45) is 0 Å². The highest BCUT2D eigenvalue weighted by Gasteiger charge is 2.14. The quantitative estimate of drug-likeness (QED) is 0.658. The molecule has 0 amide bonds. The molecule has 0 aliphatic heterocycles. The van der Waals surface area contributed by atoms with E-state index in [1.54, 1.807) is 12.1 Å². The molecule has 3 nitrogen and oxygen atoms in total. The fourth-order valence-electron chi connectivity index (χ4n) is 2.20. The van der Waals surface area contributed by atoms with Crippen LogP contribution in [-0.2, 0) is 13.2 Å². The highest BCUT2D eigenvalue weighted by Crippen LogP contribution is 2.34. The number of ether oxygens (including phenoxy) is 2. The minimum absolute atomic E-state index is 0.0307. The number of benzene rings is 2. The van der Waals surface area contributed by atoms with Crippen molar-refractivity contribution < 1.29 is 13.9 Å². The number of halogens is 2. The Hall–Kier alpha value is -1.59. The van der Waals surface area contributed by atoms with Crippen LogP contribution in [0.5, 0.6) is 11.5 Å². The average Bonchev–Trinajstić information content (AvgIpc) is 2.54. The zero-order chi connectivity index (χ0) is 18.4. The van der Waals surface area contributed by atoms with Gasteiger partial charge in [0.2, 0.25) is 0 Å². The van der Waals surface area contributed by atoms with Gasteiger partial charge in [-0.3, -0.25) is 0 Å². The number of hydrogen-bond donors (Lipinski definition) is 1. The maximum Gasteiger partial charge on any atom is 0.162 e. The summed E-state index contributed by atoms with van der Waals surface area (Å²) >= 11 is 3.61. The highest BCUT2D eigenvalue weighted by molar-refractivity contribution is 9.10. The molecule has 0 aliphatic carbocycles. The molecule has 25 heavy (non-hydrogen) atoms.